The number of anilines is 1. The molecule has 3 aliphatic heterocycles. The largest absolute Gasteiger partial charge is 0.371 e. The highest BCUT2D eigenvalue weighted by atomic mass is 79.9. The summed E-state index contributed by atoms with van der Waals surface area (Å²) >= 11 is 3.53. The van der Waals surface area contributed by atoms with E-state index >= 15 is 0 Å². The Kier molecular flexibility index (Phi) is 8.31. The van der Waals surface area contributed by atoms with Gasteiger partial charge in [0.25, 0.3) is 0 Å². The average molecular weight is 598 g/mol. The summed E-state index contributed by atoms with van der Waals surface area (Å²) in [6.07, 6.45) is 22.5. The van der Waals surface area contributed by atoms with Gasteiger partial charge in [-0.1, -0.05) is 54.1 Å². The summed E-state index contributed by atoms with van der Waals surface area (Å²) in [5.74, 6) is 0.950. The van der Waals surface area contributed by atoms with Crippen molar-refractivity contribution < 1.29 is 4.58 Å². The fourth-order valence-corrected chi connectivity index (χ4v) is 8.14. The number of hydrogen-bond acceptors (Lipinski definition) is 1. The first-order valence-corrected chi connectivity index (χ1v) is 16.5. The molecule has 0 aromatic heterocycles. The quantitative estimate of drug-likeness (QED) is 0.159. The van der Waals surface area contributed by atoms with Crippen LogP contribution in [-0.4, -0.2) is 29.9 Å². The van der Waals surface area contributed by atoms with E-state index in [2.05, 4.69) is 79.7 Å². The highest BCUT2D eigenvalue weighted by Gasteiger charge is 2.46. The van der Waals surface area contributed by atoms with E-state index in [9.17, 15) is 0 Å². The highest BCUT2D eigenvalue weighted by Crippen LogP contribution is 2.45. The Hall–Kier alpha value is -2.64. The van der Waals surface area contributed by atoms with Crippen LogP contribution in [0, 0.1) is 12.5 Å². The zero-order chi connectivity index (χ0) is 27.5. The predicted octanol–water partition coefficient (Wildman–Crippen LogP) is 9.67. The molecule has 40 heavy (non-hydrogen) atoms. The third kappa shape index (κ3) is 5.35. The Morgan fingerprint density at radius 1 is 1.02 bits per heavy atom. The molecule has 0 amide bonds. The van der Waals surface area contributed by atoms with Gasteiger partial charge in [0, 0.05) is 36.8 Å². The third-order valence-corrected chi connectivity index (χ3v) is 10.3. The second-order valence-electron chi connectivity index (χ2n) is 12.6. The molecule has 4 heteroatoms. The Morgan fingerprint density at radius 2 is 1.77 bits per heavy atom. The molecule has 2 aromatic carbocycles. The van der Waals surface area contributed by atoms with E-state index < -0.39 is 0 Å². The molecule has 1 unspecified atom stereocenters. The van der Waals surface area contributed by atoms with Crippen molar-refractivity contribution >= 4 is 44.8 Å². The Balaban J connectivity index is 1.36. The minimum atomic E-state index is -0.179. The number of rotatable bonds is 9. The molecule has 3 nitrogen and oxygen atoms in total. The van der Waals surface area contributed by atoms with Crippen LogP contribution < -0.4 is 4.90 Å². The lowest BCUT2D eigenvalue weighted by Crippen LogP contribution is -2.34. The molecule has 6 rings (SSSR count). The number of nitrogens with zero attached hydrogens (tertiary/aromatic N) is 3. The molecule has 4 aliphatic rings. The molecule has 2 aromatic rings. The smallest absolute Gasteiger partial charge is 0.207 e. The van der Waals surface area contributed by atoms with Crippen LogP contribution in [0.25, 0.3) is 10.9 Å². The second kappa shape index (κ2) is 12.1. The second-order valence-corrected chi connectivity index (χ2v) is 13.1. The van der Waals surface area contributed by atoms with Crippen molar-refractivity contribution in [3.8, 4) is 0 Å². The number of hydrogen-bond donors (Lipinski definition) is 0. The Labute approximate surface area is 249 Å². The van der Waals surface area contributed by atoms with Gasteiger partial charge in [0.05, 0.1) is 12.0 Å². The van der Waals surface area contributed by atoms with E-state index in [-0.39, 0.29) is 5.41 Å². The van der Waals surface area contributed by atoms with Crippen molar-refractivity contribution in [3.63, 3.8) is 0 Å². The fraction of sp³-hybridized carbons (Fsp3) is 0.500. The van der Waals surface area contributed by atoms with Crippen molar-refractivity contribution in [2.75, 3.05) is 24.5 Å². The predicted molar refractivity (Wildman–Crippen MR) is 173 cm³/mol. The van der Waals surface area contributed by atoms with Crippen LogP contribution in [0.4, 0.5) is 17.1 Å². The van der Waals surface area contributed by atoms with Gasteiger partial charge in [0.2, 0.25) is 5.69 Å². The van der Waals surface area contributed by atoms with Crippen LogP contribution in [-0.2, 0) is 18.3 Å². The molecule has 0 radical (unpaired) electrons. The van der Waals surface area contributed by atoms with Gasteiger partial charge >= 0.3 is 0 Å². The lowest BCUT2D eigenvalue weighted by atomic mass is 9.76. The normalized spacial score (nSPS) is 22.4. The lowest BCUT2D eigenvalue weighted by Gasteiger charge is -2.37. The first-order valence-electron chi connectivity index (χ1n) is 15.6. The van der Waals surface area contributed by atoms with Crippen LogP contribution in [0.5, 0.6) is 0 Å². The Morgan fingerprint density at radius 3 is 2.48 bits per heavy atom. The van der Waals surface area contributed by atoms with E-state index in [1.165, 1.54) is 106 Å². The Bertz CT molecular complexity index is 1360. The molecular formula is C36H43BrN3+. The van der Waals surface area contributed by atoms with Gasteiger partial charge in [0.15, 0.2) is 11.4 Å². The topological polar surface area (TPSA) is 10.6 Å². The minimum absolute atomic E-state index is 0.179. The van der Waals surface area contributed by atoms with Crippen molar-refractivity contribution in [1.82, 2.24) is 0 Å². The summed E-state index contributed by atoms with van der Waals surface area (Å²) in [7, 11) is 0. The molecule has 0 N–H and O–H groups in total. The minimum Gasteiger partial charge on any atom is -0.371 e. The molecule has 3 heterocycles. The summed E-state index contributed by atoms with van der Waals surface area (Å²) in [5.41, 5.74) is 10.5. The van der Waals surface area contributed by atoms with E-state index in [0.29, 0.717) is 0 Å². The number of halogens is 1. The summed E-state index contributed by atoms with van der Waals surface area (Å²) < 4.78 is 2.58. The molecule has 1 atom stereocenters. The number of unbranched alkanes of at least 4 members (excludes halogenated alkanes) is 1. The van der Waals surface area contributed by atoms with E-state index in [1.54, 1.807) is 16.8 Å². The van der Waals surface area contributed by atoms with Gasteiger partial charge in [-0.25, -0.2) is 4.85 Å². The van der Waals surface area contributed by atoms with Crippen LogP contribution in [0.2, 0.25) is 0 Å². The molecule has 0 saturated heterocycles. The fourth-order valence-electron chi connectivity index (χ4n) is 7.95. The molecule has 0 spiro atoms. The number of fused-ring (bicyclic) bond motifs is 1. The monoisotopic (exact) mass is 596 g/mol. The van der Waals surface area contributed by atoms with Gasteiger partial charge in [0.1, 0.15) is 6.54 Å². The van der Waals surface area contributed by atoms with Crippen molar-refractivity contribution in [1.29, 1.82) is 0 Å². The maximum atomic E-state index is 7.68. The van der Waals surface area contributed by atoms with Crippen LogP contribution in [0.1, 0.15) is 93.4 Å². The molecule has 1 fully saturated rings. The zero-order valence-electron chi connectivity index (χ0n) is 24.1. The zero-order valence-corrected chi connectivity index (χ0v) is 25.7. The molecule has 1 aliphatic carbocycles. The van der Waals surface area contributed by atoms with Gasteiger partial charge in [-0.05, 0) is 109 Å². The highest BCUT2D eigenvalue weighted by molar-refractivity contribution is 9.11. The van der Waals surface area contributed by atoms with Gasteiger partial charge < -0.3 is 4.90 Å². The van der Waals surface area contributed by atoms with Crippen LogP contribution in [0.15, 0.2) is 47.5 Å². The van der Waals surface area contributed by atoms with Crippen molar-refractivity contribution in [2.45, 2.75) is 89.4 Å². The number of benzene rings is 2. The SMILES string of the molecule is [C-]#[N+]c1ccc2c(c1)C(C)(CC=CBr)C(C=Cc1cc3c4c(c1)CCCN4CCC3)=[N+]2CCCCC1CCCC1. The van der Waals surface area contributed by atoms with Gasteiger partial charge in [-0.15, -0.1) is 0 Å². The number of aryl methyl sites for hydroxylation is 2. The molecular weight excluding hydrogens is 554 g/mol. The summed E-state index contributed by atoms with van der Waals surface area (Å²) in [6, 6.07) is 11.3. The van der Waals surface area contributed by atoms with Crippen molar-refractivity contribution in [3.05, 3.63) is 81.1 Å². The average Bonchev–Trinajstić information content (AvgIpc) is 3.58. The number of allylic oxidation sites excluding steroid dienone is 2. The lowest BCUT2D eigenvalue weighted by molar-refractivity contribution is -0.438. The molecule has 0 bridgehead atoms. The maximum absolute atomic E-state index is 7.68. The van der Waals surface area contributed by atoms with Crippen LogP contribution in [0.3, 0.4) is 0 Å². The van der Waals surface area contributed by atoms with Gasteiger partial charge in [-0.2, -0.15) is 4.58 Å². The maximum Gasteiger partial charge on any atom is 0.207 e. The molecule has 208 valence electrons. The summed E-state index contributed by atoms with van der Waals surface area (Å²) in [4.78, 5) is 8.41. The third-order valence-electron chi connectivity index (χ3n) is 9.97. The standard InChI is InChI=1S/C36H43BrN3/c1-36(19-9-20-37)32-26-31(38-2)16-17-33(32)40(23-6-5-12-27-10-3-4-11-27)34(36)18-15-28-24-29-13-7-21-39-22-8-14-30(25-28)35(29)39/h9,15-18,20,24-27H,3-8,10-14,19,21-23H2,1H3/q+1. The summed E-state index contributed by atoms with van der Waals surface area (Å²) in [6.45, 7) is 13.5. The van der Waals surface area contributed by atoms with E-state index in [4.69, 9.17) is 6.57 Å². The first-order chi connectivity index (χ1) is 19.6. The van der Waals surface area contributed by atoms with Crippen molar-refractivity contribution in [2.24, 2.45) is 5.92 Å². The first kappa shape index (κ1) is 27.5. The van der Waals surface area contributed by atoms with Crippen LogP contribution >= 0.6 is 15.9 Å². The van der Waals surface area contributed by atoms with Gasteiger partial charge in [-0.3, -0.25) is 0 Å². The van der Waals surface area contributed by atoms with E-state index in [0.717, 1.165) is 24.6 Å². The van der Waals surface area contributed by atoms with E-state index in [1.807, 2.05) is 11.1 Å². The molecule has 1 saturated carbocycles. The summed E-state index contributed by atoms with van der Waals surface area (Å²) in [5, 5.41) is 0.